The molecule has 0 aliphatic rings. The molecule has 2 rings (SSSR count). The third-order valence-electron chi connectivity index (χ3n) is 2.02. The molecule has 0 radical (unpaired) electrons. The lowest BCUT2D eigenvalue weighted by atomic mass is 10.3. The van der Waals surface area contributed by atoms with E-state index < -0.39 is 5.97 Å². The highest BCUT2D eigenvalue weighted by Crippen LogP contribution is 2.42. The Morgan fingerprint density at radius 3 is 3.06 bits per heavy atom. The smallest absolute Gasteiger partial charge is 0.344 e. The SMILES string of the molecule is CCOC(=O)c1c(SC)sc2c(O)coc12. The van der Waals surface area contributed by atoms with Gasteiger partial charge in [-0.25, -0.2) is 4.79 Å². The highest BCUT2D eigenvalue weighted by molar-refractivity contribution is 8.00. The van der Waals surface area contributed by atoms with Crippen LogP contribution in [0.3, 0.4) is 0 Å². The Kier molecular flexibility index (Phi) is 3.11. The van der Waals surface area contributed by atoms with Crippen LogP contribution < -0.4 is 0 Å². The van der Waals surface area contributed by atoms with Crippen LogP contribution >= 0.6 is 23.1 Å². The van der Waals surface area contributed by atoms with Crippen LogP contribution in [0, 0.1) is 0 Å². The molecule has 0 bridgehead atoms. The fourth-order valence-corrected chi connectivity index (χ4v) is 3.19. The van der Waals surface area contributed by atoms with Crippen LogP contribution in [0.1, 0.15) is 17.3 Å². The third-order valence-corrected chi connectivity index (χ3v) is 4.33. The van der Waals surface area contributed by atoms with Gasteiger partial charge in [0.2, 0.25) is 0 Å². The first kappa shape index (κ1) is 11.3. The van der Waals surface area contributed by atoms with Crippen LogP contribution in [-0.4, -0.2) is 23.9 Å². The molecule has 0 aliphatic carbocycles. The lowest BCUT2D eigenvalue weighted by molar-refractivity contribution is 0.0524. The number of ether oxygens (including phenoxy) is 1. The van der Waals surface area contributed by atoms with Gasteiger partial charge in [-0.2, -0.15) is 0 Å². The summed E-state index contributed by atoms with van der Waals surface area (Å²) in [5.74, 6) is -0.349. The van der Waals surface area contributed by atoms with Gasteiger partial charge in [0.05, 0.1) is 10.8 Å². The maximum Gasteiger partial charge on any atom is 0.344 e. The van der Waals surface area contributed by atoms with E-state index in [4.69, 9.17) is 9.15 Å². The molecule has 0 saturated carbocycles. The molecule has 4 nitrogen and oxygen atoms in total. The van der Waals surface area contributed by atoms with E-state index in [9.17, 15) is 9.90 Å². The van der Waals surface area contributed by atoms with Crippen LogP contribution in [-0.2, 0) is 4.74 Å². The zero-order chi connectivity index (χ0) is 11.7. The summed E-state index contributed by atoms with van der Waals surface area (Å²) in [6.07, 6.45) is 3.10. The van der Waals surface area contributed by atoms with Crippen molar-refractivity contribution in [3.8, 4) is 5.75 Å². The van der Waals surface area contributed by atoms with Crippen molar-refractivity contribution in [1.29, 1.82) is 0 Å². The first-order valence-corrected chi connectivity index (χ1v) is 6.67. The first-order chi connectivity index (χ1) is 7.69. The van der Waals surface area contributed by atoms with E-state index in [-0.39, 0.29) is 5.75 Å². The number of carbonyl (C=O) groups excluding carboxylic acids is 1. The molecule has 16 heavy (non-hydrogen) atoms. The standard InChI is InChI=1S/C10H10O4S2/c1-3-13-9(12)6-7-8(5(11)4-14-7)16-10(6)15-2/h4,11H,3H2,1-2H3. The van der Waals surface area contributed by atoms with Crippen LogP contribution in [0.25, 0.3) is 10.3 Å². The monoisotopic (exact) mass is 258 g/mol. The van der Waals surface area contributed by atoms with E-state index in [1.54, 1.807) is 6.92 Å². The van der Waals surface area contributed by atoms with Gasteiger partial charge in [0.1, 0.15) is 16.5 Å². The van der Waals surface area contributed by atoms with E-state index in [0.717, 1.165) is 4.21 Å². The van der Waals surface area contributed by atoms with Gasteiger partial charge in [-0.05, 0) is 13.2 Å². The number of hydrogen-bond acceptors (Lipinski definition) is 6. The lowest BCUT2D eigenvalue weighted by Gasteiger charge is -2.00. The molecule has 6 heteroatoms. The number of fused-ring (bicyclic) bond motifs is 1. The van der Waals surface area contributed by atoms with Crippen molar-refractivity contribution in [1.82, 2.24) is 0 Å². The second-order valence-electron chi connectivity index (χ2n) is 2.97. The van der Waals surface area contributed by atoms with Gasteiger partial charge >= 0.3 is 5.97 Å². The van der Waals surface area contributed by atoms with E-state index in [1.807, 2.05) is 6.26 Å². The number of carbonyl (C=O) groups is 1. The Hall–Kier alpha value is -1.14. The quantitative estimate of drug-likeness (QED) is 0.677. The van der Waals surface area contributed by atoms with Crippen LogP contribution in [0.4, 0.5) is 0 Å². The molecular weight excluding hydrogens is 248 g/mol. The Bertz CT molecular complexity index is 526. The van der Waals surface area contributed by atoms with Crippen molar-refractivity contribution in [2.24, 2.45) is 0 Å². The predicted octanol–water partition coefficient (Wildman–Crippen LogP) is 3.10. The number of furan rings is 1. The summed E-state index contributed by atoms with van der Waals surface area (Å²) in [5, 5.41) is 9.51. The fourth-order valence-electron chi connectivity index (χ4n) is 1.37. The normalized spacial score (nSPS) is 10.9. The molecule has 0 saturated heterocycles. The van der Waals surface area contributed by atoms with E-state index in [2.05, 4.69) is 0 Å². The summed E-state index contributed by atoms with van der Waals surface area (Å²) >= 11 is 2.77. The maximum atomic E-state index is 11.7. The summed E-state index contributed by atoms with van der Waals surface area (Å²) in [5.41, 5.74) is 0.819. The molecule has 1 N–H and O–H groups in total. The van der Waals surface area contributed by atoms with Crippen molar-refractivity contribution >= 4 is 39.4 Å². The van der Waals surface area contributed by atoms with Gasteiger partial charge in [0.15, 0.2) is 11.3 Å². The average molecular weight is 258 g/mol. The Balaban J connectivity index is 2.59. The summed E-state index contributed by atoms with van der Waals surface area (Å²) in [6, 6.07) is 0. The Morgan fingerprint density at radius 1 is 1.69 bits per heavy atom. The zero-order valence-electron chi connectivity index (χ0n) is 8.77. The minimum atomic E-state index is -0.410. The van der Waals surface area contributed by atoms with Crippen LogP contribution in [0.15, 0.2) is 14.9 Å². The number of hydrogen-bond donors (Lipinski definition) is 1. The number of rotatable bonds is 3. The highest BCUT2D eigenvalue weighted by atomic mass is 32.2. The van der Waals surface area contributed by atoms with Gasteiger partial charge < -0.3 is 14.3 Å². The molecule has 0 spiro atoms. The summed E-state index contributed by atoms with van der Waals surface area (Å²) in [4.78, 5) is 11.7. The van der Waals surface area contributed by atoms with Crippen molar-refractivity contribution in [2.75, 3.05) is 12.9 Å². The fraction of sp³-hybridized carbons (Fsp3) is 0.300. The summed E-state index contributed by atoms with van der Waals surface area (Å²) in [6.45, 7) is 2.07. The molecule has 2 heterocycles. The van der Waals surface area contributed by atoms with Crippen LogP contribution in [0.2, 0.25) is 0 Å². The molecular formula is C10H10O4S2. The van der Waals surface area contributed by atoms with Gasteiger partial charge in [-0.1, -0.05) is 0 Å². The Morgan fingerprint density at radius 2 is 2.44 bits per heavy atom. The van der Waals surface area contributed by atoms with Gasteiger partial charge in [-0.3, -0.25) is 0 Å². The highest BCUT2D eigenvalue weighted by Gasteiger charge is 2.24. The van der Waals surface area contributed by atoms with Crippen molar-refractivity contribution in [3.63, 3.8) is 0 Å². The molecule has 2 aromatic rings. The van der Waals surface area contributed by atoms with Crippen molar-refractivity contribution in [3.05, 3.63) is 11.8 Å². The molecule has 86 valence electrons. The van der Waals surface area contributed by atoms with Gasteiger partial charge in [0, 0.05) is 0 Å². The molecule has 0 aliphatic heterocycles. The summed E-state index contributed by atoms with van der Waals surface area (Å²) in [7, 11) is 0. The second kappa shape index (κ2) is 4.39. The number of aromatic hydroxyl groups is 1. The van der Waals surface area contributed by atoms with E-state index >= 15 is 0 Å². The average Bonchev–Trinajstić information content (AvgIpc) is 2.79. The summed E-state index contributed by atoms with van der Waals surface area (Å²) < 4.78 is 11.5. The topological polar surface area (TPSA) is 59.7 Å². The minimum Gasteiger partial charge on any atom is -0.504 e. The molecule has 0 amide bonds. The molecule has 2 aromatic heterocycles. The van der Waals surface area contributed by atoms with E-state index in [1.165, 1.54) is 29.4 Å². The van der Waals surface area contributed by atoms with Gasteiger partial charge in [0.25, 0.3) is 0 Å². The number of esters is 1. The number of thioether (sulfide) groups is 1. The predicted molar refractivity (Wildman–Crippen MR) is 63.5 cm³/mol. The molecule has 0 aromatic carbocycles. The van der Waals surface area contributed by atoms with E-state index in [0.29, 0.717) is 22.5 Å². The van der Waals surface area contributed by atoms with Gasteiger partial charge in [-0.15, -0.1) is 23.1 Å². The largest absolute Gasteiger partial charge is 0.504 e. The second-order valence-corrected chi connectivity index (χ2v) is 5.06. The third kappa shape index (κ3) is 1.68. The molecule has 0 atom stereocenters. The van der Waals surface area contributed by atoms with Crippen molar-refractivity contribution < 1.29 is 19.1 Å². The number of thiophene rings is 1. The maximum absolute atomic E-state index is 11.7. The lowest BCUT2D eigenvalue weighted by Crippen LogP contribution is -2.04. The Labute approximate surface area is 100 Å². The van der Waals surface area contributed by atoms with Crippen LogP contribution in [0.5, 0.6) is 5.75 Å². The van der Waals surface area contributed by atoms with Crippen molar-refractivity contribution in [2.45, 2.75) is 11.1 Å². The molecule has 0 fully saturated rings. The minimum absolute atomic E-state index is 0.0610. The first-order valence-electron chi connectivity index (χ1n) is 4.63. The zero-order valence-corrected chi connectivity index (χ0v) is 10.4. The molecule has 0 unspecified atom stereocenters.